The fraction of sp³-hybridized carbons (Fsp3) is 0.643. The highest BCUT2D eigenvalue weighted by molar-refractivity contribution is 5.16. The molecule has 0 aliphatic carbocycles. The van der Waals surface area contributed by atoms with Crippen LogP contribution < -0.4 is 5.32 Å². The molecule has 17 heavy (non-hydrogen) atoms. The Balaban J connectivity index is 2.04. The van der Waals surface area contributed by atoms with Crippen molar-refractivity contribution < 1.29 is 0 Å². The van der Waals surface area contributed by atoms with E-state index in [1.165, 1.54) is 17.5 Å². The van der Waals surface area contributed by atoms with E-state index in [9.17, 15) is 0 Å². The van der Waals surface area contributed by atoms with Crippen molar-refractivity contribution in [1.29, 1.82) is 0 Å². The number of nitrogens with zero attached hydrogens (tertiary/aromatic N) is 2. The lowest BCUT2D eigenvalue weighted by molar-refractivity contribution is 0.124. The van der Waals surface area contributed by atoms with E-state index in [1.807, 2.05) is 12.4 Å². The summed E-state index contributed by atoms with van der Waals surface area (Å²) in [5, 5.41) is 3.55. The molecule has 1 aliphatic rings. The number of hydrogen-bond donors (Lipinski definition) is 1. The van der Waals surface area contributed by atoms with Crippen molar-refractivity contribution >= 4 is 0 Å². The Bertz CT molecular complexity index is 364. The third kappa shape index (κ3) is 3.27. The molecule has 2 atom stereocenters. The van der Waals surface area contributed by atoms with Crippen LogP contribution in [0.15, 0.2) is 18.5 Å². The van der Waals surface area contributed by atoms with Crippen molar-refractivity contribution in [3.8, 4) is 0 Å². The number of aryl methyl sites for hydroxylation is 1. The van der Waals surface area contributed by atoms with Gasteiger partial charge in [0, 0.05) is 44.1 Å². The SMILES string of the molecule is CCC1CNC(C)CN1Cc1cncc(C)c1. The zero-order chi connectivity index (χ0) is 12.3. The Morgan fingerprint density at radius 3 is 3.00 bits per heavy atom. The average Bonchev–Trinajstić information content (AvgIpc) is 2.29. The second kappa shape index (κ2) is 5.61. The molecule has 1 fully saturated rings. The molecule has 0 spiro atoms. The van der Waals surface area contributed by atoms with Gasteiger partial charge in [0.25, 0.3) is 0 Å². The molecule has 3 nitrogen and oxygen atoms in total. The van der Waals surface area contributed by atoms with E-state index < -0.39 is 0 Å². The zero-order valence-corrected chi connectivity index (χ0v) is 11.1. The van der Waals surface area contributed by atoms with Gasteiger partial charge in [-0.3, -0.25) is 9.88 Å². The van der Waals surface area contributed by atoms with Crippen LogP contribution in [0, 0.1) is 6.92 Å². The molecule has 2 rings (SSSR count). The van der Waals surface area contributed by atoms with Gasteiger partial charge in [0.2, 0.25) is 0 Å². The maximum absolute atomic E-state index is 4.28. The molecule has 0 bridgehead atoms. The summed E-state index contributed by atoms with van der Waals surface area (Å²) in [6.45, 7) is 9.90. The quantitative estimate of drug-likeness (QED) is 0.865. The lowest BCUT2D eigenvalue weighted by Gasteiger charge is -2.39. The van der Waals surface area contributed by atoms with E-state index in [2.05, 4.69) is 42.0 Å². The van der Waals surface area contributed by atoms with Crippen molar-refractivity contribution in [2.75, 3.05) is 13.1 Å². The zero-order valence-electron chi connectivity index (χ0n) is 11.1. The molecule has 94 valence electrons. The van der Waals surface area contributed by atoms with Gasteiger partial charge in [0.05, 0.1) is 0 Å². The summed E-state index contributed by atoms with van der Waals surface area (Å²) in [5.74, 6) is 0. The molecule has 1 N–H and O–H groups in total. The van der Waals surface area contributed by atoms with Crippen LogP contribution in [0.4, 0.5) is 0 Å². The van der Waals surface area contributed by atoms with Crippen LogP contribution in [-0.4, -0.2) is 35.1 Å². The Morgan fingerprint density at radius 2 is 2.29 bits per heavy atom. The summed E-state index contributed by atoms with van der Waals surface area (Å²) >= 11 is 0. The summed E-state index contributed by atoms with van der Waals surface area (Å²) in [6, 6.07) is 3.49. The van der Waals surface area contributed by atoms with Crippen LogP contribution in [0.5, 0.6) is 0 Å². The average molecular weight is 233 g/mol. The van der Waals surface area contributed by atoms with Gasteiger partial charge in [0.15, 0.2) is 0 Å². The molecule has 0 aromatic carbocycles. The topological polar surface area (TPSA) is 28.2 Å². The molecule has 1 saturated heterocycles. The van der Waals surface area contributed by atoms with Crippen LogP contribution in [0.25, 0.3) is 0 Å². The molecule has 1 aromatic heterocycles. The predicted octanol–water partition coefficient (Wildman–Crippen LogP) is 1.96. The minimum atomic E-state index is 0.593. The van der Waals surface area contributed by atoms with Gasteiger partial charge < -0.3 is 5.32 Å². The molecule has 1 aromatic rings. The van der Waals surface area contributed by atoms with Gasteiger partial charge in [0.1, 0.15) is 0 Å². The van der Waals surface area contributed by atoms with Gasteiger partial charge in [-0.2, -0.15) is 0 Å². The third-order valence-corrected chi connectivity index (χ3v) is 3.52. The maximum Gasteiger partial charge on any atom is 0.0313 e. The summed E-state index contributed by atoms with van der Waals surface area (Å²) < 4.78 is 0. The highest BCUT2D eigenvalue weighted by atomic mass is 15.2. The fourth-order valence-corrected chi connectivity index (χ4v) is 2.57. The first-order valence-corrected chi connectivity index (χ1v) is 6.57. The summed E-state index contributed by atoms with van der Waals surface area (Å²) in [7, 11) is 0. The number of nitrogens with one attached hydrogen (secondary N) is 1. The number of rotatable bonds is 3. The Kier molecular flexibility index (Phi) is 4.13. The van der Waals surface area contributed by atoms with E-state index >= 15 is 0 Å². The van der Waals surface area contributed by atoms with Crippen molar-refractivity contribution in [2.24, 2.45) is 0 Å². The van der Waals surface area contributed by atoms with Crippen molar-refractivity contribution in [3.63, 3.8) is 0 Å². The highest BCUT2D eigenvalue weighted by Gasteiger charge is 2.24. The molecule has 2 heterocycles. The van der Waals surface area contributed by atoms with E-state index in [0.29, 0.717) is 12.1 Å². The van der Waals surface area contributed by atoms with Crippen LogP contribution in [0.1, 0.15) is 31.4 Å². The minimum Gasteiger partial charge on any atom is -0.311 e. The molecular formula is C14H23N3. The first-order chi connectivity index (χ1) is 8.19. The Hall–Kier alpha value is -0.930. The predicted molar refractivity (Wildman–Crippen MR) is 70.9 cm³/mol. The number of aromatic nitrogens is 1. The van der Waals surface area contributed by atoms with E-state index in [1.54, 1.807) is 0 Å². The Morgan fingerprint density at radius 1 is 1.47 bits per heavy atom. The molecule has 3 heteroatoms. The van der Waals surface area contributed by atoms with Gasteiger partial charge in [-0.25, -0.2) is 0 Å². The molecule has 0 saturated carbocycles. The maximum atomic E-state index is 4.28. The minimum absolute atomic E-state index is 0.593. The lowest BCUT2D eigenvalue weighted by atomic mass is 10.1. The van der Waals surface area contributed by atoms with Crippen molar-refractivity contribution in [3.05, 3.63) is 29.6 Å². The lowest BCUT2D eigenvalue weighted by Crippen LogP contribution is -2.54. The van der Waals surface area contributed by atoms with Crippen LogP contribution in [0.3, 0.4) is 0 Å². The second-order valence-corrected chi connectivity index (χ2v) is 5.17. The third-order valence-electron chi connectivity index (χ3n) is 3.52. The first kappa shape index (κ1) is 12.5. The summed E-state index contributed by atoms with van der Waals surface area (Å²) in [4.78, 5) is 6.86. The normalized spacial score (nSPS) is 26.1. The summed E-state index contributed by atoms with van der Waals surface area (Å²) in [6.07, 6.45) is 5.12. The molecule has 0 radical (unpaired) electrons. The monoisotopic (exact) mass is 233 g/mol. The highest BCUT2D eigenvalue weighted by Crippen LogP contribution is 2.14. The smallest absolute Gasteiger partial charge is 0.0313 e. The summed E-state index contributed by atoms with van der Waals surface area (Å²) in [5.41, 5.74) is 2.58. The molecular weight excluding hydrogens is 210 g/mol. The van der Waals surface area contributed by atoms with Gasteiger partial charge in [-0.05, 0) is 31.4 Å². The van der Waals surface area contributed by atoms with Gasteiger partial charge in [-0.1, -0.05) is 13.0 Å². The largest absolute Gasteiger partial charge is 0.311 e. The first-order valence-electron chi connectivity index (χ1n) is 6.57. The van der Waals surface area contributed by atoms with Crippen molar-refractivity contribution in [2.45, 2.75) is 45.8 Å². The van der Waals surface area contributed by atoms with Crippen LogP contribution in [-0.2, 0) is 6.54 Å². The second-order valence-electron chi connectivity index (χ2n) is 5.17. The number of piperazine rings is 1. The van der Waals surface area contributed by atoms with Crippen molar-refractivity contribution in [1.82, 2.24) is 15.2 Å². The van der Waals surface area contributed by atoms with Gasteiger partial charge >= 0.3 is 0 Å². The van der Waals surface area contributed by atoms with Crippen LogP contribution >= 0.6 is 0 Å². The molecule has 2 unspecified atom stereocenters. The number of pyridine rings is 1. The Labute approximate surface area is 104 Å². The van der Waals surface area contributed by atoms with E-state index in [4.69, 9.17) is 0 Å². The number of hydrogen-bond acceptors (Lipinski definition) is 3. The fourth-order valence-electron chi connectivity index (χ4n) is 2.57. The standard InChI is InChI=1S/C14H23N3/c1-4-14-8-16-12(3)9-17(14)10-13-5-11(2)6-15-7-13/h5-7,12,14,16H,4,8-10H2,1-3H3. The molecule has 1 aliphatic heterocycles. The van der Waals surface area contributed by atoms with Crippen LogP contribution in [0.2, 0.25) is 0 Å². The van der Waals surface area contributed by atoms with E-state index in [0.717, 1.165) is 19.6 Å². The molecule has 0 amide bonds. The van der Waals surface area contributed by atoms with E-state index in [-0.39, 0.29) is 0 Å². The van der Waals surface area contributed by atoms with Gasteiger partial charge in [-0.15, -0.1) is 0 Å².